The summed E-state index contributed by atoms with van der Waals surface area (Å²) in [5, 5.41) is 3.27. The van der Waals surface area contributed by atoms with Crippen molar-refractivity contribution >= 4 is 11.8 Å². The molecule has 0 spiro atoms. The van der Waals surface area contributed by atoms with E-state index < -0.39 is 0 Å². The topological polar surface area (TPSA) is 33.1 Å². The minimum absolute atomic E-state index is 0.281. The molecule has 0 bridgehead atoms. The summed E-state index contributed by atoms with van der Waals surface area (Å²) in [5.74, 6) is 0. The van der Waals surface area contributed by atoms with Crippen molar-refractivity contribution in [1.29, 1.82) is 0 Å². The smallest absolute Gasteiger partial charge is 0.0995 e. The van der Waals surface area contributed by atoms with Gasteiger partial charge >= 0.3 is 0 Å². The Bertz CT molecular complexity index is 1050. The zero-order valence-electron chi connectivity index (χ0n) is 19.9. The molecule has 3 rings (SSSR count). The third-order valence-corrected chi connectivity index (χ3v) is 5.97. The summed E-state index contributed by atoms with van der Waals surface area (Å²) in [6, 6.07) is 15.7. The number of hydrogen-bond acceptors (Lipinski definition) is 3. The lowest BCUT2D eigenvalue weighted by Gasteiger charge is -2.35. The standard InChI is InChI=1S/C28H36N4/c1-7-24-18-26(14-15-28(24)31-19-22(4)30-20-31)23(5)32(17-9-16-29-6)27(8-2)25-12-10-21(3)11-13-25/h7,10-15,18-20,27,29H,1,5,8-9,16-17H2,2-4,6H3. The van der Waals surface area contributed by atoms with Gasteiger partial charge in [-0.25, -0.2) is 4.98 Å². The van der Waals surface area contributed by atoms with Crippen LogP contribution in [0.15, 0.2) is 68.1 Å². The second kappa shape index (κ2) is 11.0. The van der Waals surface area contributed by atoms with Crippen LogP contribution >= 0.6 is 0 Å². The minimum Gasteiger partial charge on any atom is -0.364 e. The van der Waals surface area contributed by atoms with Gasteiger partial charge in [0, 0.05) is 18.4 Å². The molecule has 1 unspecified atom stereocenters. The lowest BCUT2D eigenvalue weighted by atomic mass is 9.98. The predicted molar refractivity (Wildman–Crippen MR) is 137 cm³/mol. The molecule has 4 heteroatoms. The van der Waals surface area contributed by atoms with E-state index in [0.29, 0.717) is 0 Å². The summed E-state index contributed by atoms with van der Waals surface area (Å²) in [4.78, 5) is 6.83. The SMILES string of the molecule is C=Cc1cc(C(=C)N(CCCNC)C(CC)c2ccc(C)cc2)ccc1-n1cnc(C)c1. The van der Waals surface area contributed by atoms with Crippen LogP contribution in [-0.2, 0) is 0 Å². The van der Waals surface area contributed by atoms with Crippen molar-refractivity contribution in [3.05, 3.63) is 96.1 Å². The summed E-state index contributed by atoms with van der Waals surface area (Å²) in [6.07, 6.45) is 7.86. The predicted octanol–water partition coefficient (Wildman–Crippen LogP) is 6.17. The number of benzene rings is 2. The van der Waals surface area contributed by atoms with Crippen molar-refractivity contribution in [2.75, 3.05) is 20.1 Å². The van der Waals surface area contributed by atoms with Gasteiger partial charge in [-0.2, -0.15) is 0 Å². The van der Waals surface area contributed by atoms with Crippen LogP contribution in [0, 0.1) is 13.8 Å². The monoisotopic (exact) mass is 428 g/mol. The minimum atomic E-state index is 0.281. The number of imidazole rings is 1. The summed E-state index contributed by atoms with van der Waals surface area (Å²) < 4.78 is 2.05. The highest BCUT2D eigenvalue weighted by Crippen LogP contribution is 2.33. The van der Waals surface area contributed by atoms with Gasteiger partial charge in [-0.3, -0.25) is 0 Å². The number of hydrogen-bond donors (Lipinski definition) is 1. The Hall–Kier alpha value is -3.11. The fourth-order valence-corrected chi connectivity index (χ4v) is 4.18. The van der Waals surface area contributed by atoms with Crippen molar-refractivity contribution < 1.29 is 0 Å². The van der Waals surface area contributed by atoms with E-state index >= 15 is 0 Å². The first-order valence-electron chi connectivity index (χ1n) is 11.4. The number of nitrogens with zero attached hydrogens (tertiary/aromatic N) is 3. The molecule has 1 N–H and O–H groups in total. The summed E-state index contributed by atoms with van der Waals surface area (Å²) in [6.45, 7) is 16.9. The molecule has 4 nitrogen and oxygen atoms in total. The normalized spacial score (nSPS) is 11.9. The van der Waals surface area contributed by atoms with Gasteiger partial charge in [0.15, 0.2) is 0 Å². The largest absolute Gasteiger partial charge is 0.364 e. The molecule has 3 aromatic rings. The Labute approximate surface area is 193 Å². The highest BCUT2D eigenvalue weighted by atomic mass is 15.2. The van der Waals surface area contributed by atoms with Gasteiger partial charge in [0.05, 0.1) is 23.8 Å². The van der Waals surface area contributed by atoms with Crippen LogP contribution in [0.3, 0.4) is 0 Å². The average Bonchev–Trinajstić information content (AvgIpc) is 3.24. The van der Waals surface area contributed by atoms with E-state index in [1.807, 2.05) is 37.1 Å². The second-order valence-electron chi connectivity index (χ2n) is 8.33. The Morgan fingerprint density at radius 2 is 1.94 bits per heavy atom. The zero-order chi connectivity index (χ0) is 23.1. The van der Waals surface area contributed by atoms with Crippen LogP contribution in [0.25, 0.3) is 17.5 Å². The van der Waals surface area contributed by atoms with E-state index in [4.69, 9.17) is 0 Å². The number of aryl methyl sites for hydroxylation is 2. The zero-order valence-corrected chi connectivity index (χ0v) is 19.9. The molecule has 0 aliphatic carbocycles. The van der Waals surface area contributed by atoms with E-state index in [1.54, 1.807) is 0 Å². The lowest BCUT2D eigenvalue weighted by molar-refractivity contribution is 0.287. The molecule has 0 saturated heterocycles. The van der Waals surface area contributed by atoms with Crippen LogP contribution in [0.2, 0.25) is 0 Å². The molecule has 0 radical (unpaired) electrons. The number of rotatable bonds is 11. The quantitative estimate of drug-likeness (QED) is 0.371. The van der Waals surface area contributed by atoms with E-state index in [0.717, 1.165) is 54.1 Å². The maximum Gasteiger partial charge on any atom is 0.0995 e. The molecular formula is C28H36N4. The average molecular weight is 429 g/mol. The molecule has 0 fully saturated rings. The van der Waals surface area contributed by atoms with E-state index in [1.165, 1.54) is 11.1 Å². The van der Waals surface area contributed by atoms with Crippen molar-refractivity contribution in [2.24, 2.45) is 0 Å². The van der Waals surface area contributed by atoms with Crippen molar-refractivity contribution in [3.8, 4) is 5.69 Å². The summed E-state index contributed by atoms with van der Waals surface area (Å²) in [7, 11) is 2.00. The van der Waals surface area contributed by atoms with Crippen LogP contribution < -0.4 is 5.32 Å². The molecule has 0 aliphatic heterocycles. The highest BCUT2D eigenvalue weighted by molar-refractivity contribution is 5.70. The van der Waals surface area contributed by atoms with Crippen molar-refractivity contribution in [3.63, 3.8) is 0 Å². The molecule has 1 heterocycles. The summed E-state index contributed by atoms with van der Waals surface area (Å²) >= 11 is 0. The van der Waals surface area contributed by atoms with Crippen LogP contribution in [0.1, 0.15) is 53.8 Å². The van der Waals surface area contributed by atoms with Gasteiger partial charge in [0.1, 0.15) is 0 Å². The Balaban J connectivity index is 1.96. The number of nitrogens with one attached hydrogen (secondary N) is 1. The Morgan fingerprint density at radius 1 is 1.19 bits per heavy atom. The van der Waals surface area contributed by atoms with E-state index in [-0.39, 0.29) is 6.04 Å². The molecule has 1 aromatic heterocycles. The first kappa shape index (κ1) is 23.6. The molecule has 0 aliphatic rings. The van der Waals surface area contributed by atoms with Gasteiger partial charge in [0.25, 0.3) is 0 Å². The molecule has 2 aromatic carbocycles. The first-order valence-corrected chi connectivity index (χ1v) is 11.4. The lowest BCUT2D eigenvalue weighted by Crippen LogP contribution is -2.29. The molecule has 168 valence electrons. The van der Waals surface area contributed by atoms with Crippen LogP contribution in [0.5, 0.6) is 0 Å². The van der Waals surface area contributed by atoms with Gasteiger partial charge < -0.3 is 14.8 Å². The fourth-order valence-electron chi connectivity index (χ4n) is 4.18. The molecule has 32 heavy (non-hydrogen) atoms. The van der Waals surface area contributed by atoms with E-state index in [9.17, 15) is 0 Å². The Kier molecular flexibility index (Phi) is 8.07. The molecule has 1 atom stereocenters. The van der Waals surface area contributed by atoms with Gasteiger partial charge in [-0.05, 0) is 69.1 Å². The third kappa shape index (κ3) is 5.38. The highest BCUT2D eigenvalue weighted by Gasteiger charge is 2.21. The molecular weight excluding hydrogens is 392 g/mol. The third-order valence-electron chi connectivity index (χ3n) is 5.97. The van der Waals surface area contributed by atoms with Crippen molar-refractivity contribution in [1.82, 2.24) is 19.8 Å². The van der Waals surface area contributed by atoms with Gasteiger partial charge in [-0.15, -0.1) is 0 Å². The summed E-state index contributed by atoms with van der Waals surface area (Å²) in [5.41, 5.74) is 7.92. The fraction of sp³-hybridized carbons (Fsp3) is 0.321. The number of aromatic nitrogens is 2. The van der Waals surface area contributed by atoms with Crippen LogP contribution in [-0.4, -0.2) is 34.6 Å². The first-order chi connectivity index (χ1) is 15.5. The molecule has 0 saturated carbocycles. The van der Waals surface area contributed by atoms with Gasteiger partial charge in [0.2, 0.25) is 0 Å². The maximum atomic E-state index is 4.55. The van der Waals surface area contributed by atoms with E-state index in [2.05, 4.69) is 84.7 Å². The second-order valence-corrected chi connectivity index (χ2v) is 8.33. The molecule has 0 amide bonds. The van der Waals surface area contributed by atoms with Gasteiger partial charge in [-0.1, -0.05) is 62.1 Å². The van der Waals surface area contributed by atoms with Crippen molar-refractivity contribution in [2.45, 2.75) is 39.7 Å². The maximum absolute atomic E-state index is 4.55. The Morgan fingerprint density at radius 3 is 2.53 bits per heavy atom. The van der Waals surface area contributed by atoms with Crippen LogP contribution in [0.4, 0.5) is 0 Å².